The third-order valence-corrected chi connectivity index (χ3v) is 2.31. The lowest BCUT2D eigenvalue weighted by molar-refractivity contribution is -0.274. The molecule has 0 bridgehead atoms. The number of halogens is 3. The van der Waals surface area contributed by atoms with Gasteiger partial charge >= 0.3 is 6.36 Å². The average molecular weight is 257 g/mol. The van der Waals surface area contributed by atoms with Crippen molar-refractivity contribution in [3.63, 3.8) is 0 Å². The number of alkyl halides is 3. The third-order valence-electron chi connectivity index (χ3n) is 2.31. The summed E-state index contributed by atoms with van der Waals surface area (Å²) in [6.07, 6.45) is -3.10. The minimum Gasteiger partial charge on any atom is -0.406 e. The average Bonchev–Trinajstić information content (AvgIpc) is 2.76. The first-order chi connectivity index (χ1) is 8.49. The largest absolute Gasteiger partial charge is 0.573 e. The van der Waals surface area contributed by atoms with E-state index in [9.17, 15) is 13.2 Å². The molecule has 1 aromatic carbocycles. The van der Waals surface area contributed by atoms with Crippen LogP contribution in [-0.2, 0) is 6.54 Å². The number of nitrogens with zero attached hydrogens (tertiary/aromatic N) is 1. The first kappa shape index (κ1) is 12.4. The van der Waals surface area contributed by atoms with Gasteiger partial charge in [-0.2, -0.15) is 5.10 Å². The fourth-order valence-electron chi connectivity index (χ4n) is 1.54. The zero-order valence-electron chi connectivity index (χ0n) is 9.16. The van der Waals surface area contributed by atoms with E-state index in [0.29, 0.717) is 17.8 Å². The van der Waals surface area contributed by atoms with Crippen LogP contribution in [0, 0.1) is 0 Å². The molecule has 0 amide bonds. The molecule has 1 heterocycles. The highest BCUT2D eigenvalue weighted by atomic mass is 19.4. The topological polar surface area (TPSA) is 63.9 Å². The molecule has 18 heavy (non-hydrogen) atoms. The van der Waals surface area contributed by atoms with Gasteiger partial charge in [-0.1, -0.05) is 0 Å². The smallest absolute Gasteiger partial charge is 0.406 e. The van der Waals surface area contributed by atoms with E-state index in [1.54, 1.807) is 6.20 Å². The normalized spacial score (nSPS) is 11.6. The standard InChI is InChI=1S/C11H10F3N3O/c12-11(13,14)18-9-3-1-7(2-4-9)10-8(5-15)6-16-17-10/h1-4,6H,5,15H2,(H,16,17). The van der Waals surface area contributed by atoms with Gasteiger partial charge in [-0.05, 0) is 24.3 Å². The number of hydrogen-bond donors (Lipinski definition) is 2. The Kier molecular flexibility index (Phi) is 3.24. The van der Waals surface area contributed by atoms with Crippen molar-refractivity contribution in [2.24, 2.45) is 5.73 Å². The Morgan fingerprint density at radius 2 is 1.89 bits per heavy atom. The van der Waals surface area contributed by atoms with Crippen LogP contribution in [0.3, 0.4) is 0 Å². The highest BCUT2D eigenvalue weighted by Gasteiger charge is 2.30. The fraction of sp³-hybridized carbons (Fsp3) is 0.182. The number of aromatic nitrogens is 2. The molecule has 0 unspecified atom stereocenters. The Bertz CT molecular complexity index is 519. The lowest BCUT2D eigenvalue weighted by Gasteiger charge is -2.09. The van der Waals surface area contributed by atoms with Gasteiger partial charge in [-0.3, -0.25) is 5.10 Å². The van der Waals surface area contributed by atoms with E-state index in [4.69, 9.17) is 5.73 Å². The van der Waals surface area contributed by atoms with Crippen LogP contribution in [0.2, 0.25) is 0 Å². The molecule has 0 saturated heterocycles. The first-order valence-electron chi connectivity index (χ1n) is 5.08. The molecule has 2 aromatic rings. The Labute approximate surface area is 101 Å². The SMILES string of the molecule is NCc1cn[nH]c1-c1ccc(OC(F)(F)F)cc1. The number of H-pyrrole nitrogens is 1. The molecule has 0 atom stereocenters. The van der Waals surface area contributed by atoms with Crippen LogP contribution in [-0.4, -0.2) is 16.6 Å². The number of hydrogen-bond acceptors (Lipinski definition) is 3. The molecule has 0 fully saturated rings. The predicted molar refractivity (Wildman–Crippen MR) is 58.6 cm³/mol. The molecule has 0 aliphatic rings. The summed E-state index contributed by atoms with van der Waals surface area (Å²) < 4.78 is 39.7. The summed E-state index contributed by atoms with van der Waals surface area (Å²) in [5.41, 5.74) is 7.69. The number of aromatic amines is 1. The van der Waals surface area contributed by atoms with E-state index in [0.717, 1.165) is 5.56 Å². The molecule has 4 nitrogen and oxygen atoms in total. The van der Waals surface area contributed by atoms with Crippen LogP contribution in [0.25, 0.3) is 11.3 Å². The summed E-state index contributed by atoms with van der Waals surface area (Å²) in [6, 6.07) is 5.50. The Hall–Kier alpha value is -2.02. The predicted octanol–water partition coefficient (Wildman–Crippen LogP) is 2.43. The number of nitrogens with two attached hydrogens (primary N) is 1. The summed E-state index contributed by atoms with van der Waals surface area (Å²) in [4.78, 5) is 0. The molecule has 96 valence electrons. The zero-order chi connectivity index (χ0) is 13.2. The lowest BCUT2D eigenvalue weighted by Crippen LogP contribution is -2.16. The number of nitrogens with one attached hydrogen (secondary N) is 1. The molecule has 3 N–H and O–H groups in total. The minimum atomic E-state index is -4.68. The van der Waals surface area contributed by atoms with E-state index in [2.05, 4.69) is 14.9 Å². The summed E-state index contributed by atoms with van der Waals surface area (Å²) in [6.45, 7) is 0.298. The second-order valence-corrected chi connectivity index (χ2v) is 3.55. The molecule has 7 heteroatoms. The number of rotatable bonds is 3. The van der Waals surface area contributed by atoms with Crippen molar-refractivity contribution in [1.29, 1.82) is 0 Å². The van der Waals surface area contributed by atoms with Gasteiger partial charge in [-0.25, -0.2) is 0 Å². The highest BCUT2D eigenvalue weighted by molar-refractivity contribution is 5.63. The molecule has 0 radical (unpaired) electrons. The zero-order valence-corrected chi connectivity index (χ0v) is 9.16. The van der Waals surface area contributed by atoms with Crippen molar-refractivity contribution >= 4 is 0 Å². The van der Waals surface area contributed by atoms with Crippen LogP contribution in [0.15, 0.2) is 30.5 Å². The molecule has 1 aromatic heterocycles. The summed E-state index contributed by atoms with van der Waals surface area (Å²) in [5, 5.41) is 6.58. The maximum atomic E-state index is 12.0. The molecule has 2 rings (SSSR count). The van der Waals surface area contributed by atoms with Crippen molar-refractivity contribution in [3.8, 4) is 17.0 Å². The van der Waals surface area contributed by atoms with Crippen LogP contribution < -0.4 is 10.5 Å². The lowest BCUT2D eigenvalue weighted by atomic mass is 10.1. The molecular weight excluding hydrogens is 247 g/mol. The Morgan fingerprint density at radius 1 is 1.22 bits per heavy atom. The van der Waals surface area contributed by atoms with Crippen molar-refractivity contribution in [3.05, 3.63) is 36.0 Å². The summed E-state index contributed by atoms with van der Waals surface area (Å²) >= 11 is 0. The van der Waals surface area contributed by atoms with E-state index < -0.39 is 6.36 Å². The van der Waals surface area contributed by atoms with Crippen LogP contribution in [0.1, 0.15) is 5.56 Å². The maximum absolute atomic E-state index is 12.0. The van der Waals surface area contributed by atoms with Gasteiger partial charge < -0.3 is 10.5 Å². The van der Waals surface area contributed by atoms with Gasteiger partial charge in [-0.15, -0.1) is 13.2 Å². The maximum Gasteiger partial charge on any atom is 0.573 e. The van der Waals surface area contributed by atoms with Gasteiger partial charge in [0.1, 0.15) is 5.75 Å². The van der Waals surface area contributed by atoms with Crippen LogP contribution in [0.4, 0.5) is 13.2 Å². The molecule has 0 aliphatic carbocycles. The summed E-state index contributed by atoms with van der Waals surface area (Å²) in [5.74, 6) is -0.264. The molecule has 0 aliphatic heterocycles. The molecule has 0 spiro atoms. The second-order valence-electron chi connectivity index (χ2n) is 3.55. The van der Waals surface area contributed by atoms with Crippen molar-refractivity contribution < 1.29 is 17.9 Å². The van der Waals surface area contributed by atoms with Crippen molar-refractivity contribution in [1.82, 2.24) is 10.2 Å². The highest BCUT2D eigenvalue weighted by Crippen LogP contribution is 2.26. The summed E-state index contributed by atoms with van der Waals surface area (Å²) in [7, 11) is 0. The van der Waals surface area contributed by atoms with E-state index >= 15 is 0 Å². The molecule has 0 saturated carbocycles. The Balaban J connectivity index is 2.23. The molecular formula is C11H10F3N3O. The number of ether oxygens (including phenoxy) is 1. The van der Waals surface area contributed by atoms with Gasteiger partial charge in [0.15, 0.2) is 0 Å². The van der Waals surface area contributed by atoms with E-state index in [-0.39, 0.29) is 5.75 Å². The first-order valence-corrected chi connectivity index (χ1v) is 5.08. The Morgan fingerprint density at radius 3 is 2.44 bits per heavy atom. The van der Waals surface area contributed by atoms with Gasteiger partial charge in [0.05, 0.1) is 11.9 Å². The van der Waals surface area contributed by atoms with Crippen LogP contribution >= 0.6 is 0 Å². The monoisotopic (exact) mass is 257 g/mol. The van der Waals surface area contributed by atoms with Crippen LogP contribution in [0.5, 0.6) is 5.75 Å². The second kappa shape index (κ2) is 4.69. The minimum absolute atomic E-state index is 0.264. The van der Waals surface area contributed by atoms with Crippen molar-refractivity contribution in [2.45, 2.75) is 12.9 Å². The van der Waals surface area contributed by atoms with Gasteiger partial charge in [0.2, 0.25) is 0 Å². The fourth-order valence-corrected chi connectivity index (χ4v) is 1.54. The van der Waals surface area contributed by atoms with Crippen molar-refractivity contribution in [2.75, 3.05) is 0 Å². The van der Waals surface area contributed by atoms with E-state index in [1.165, 1.54) is 24.3 Å². The quantitative estimate of drug-likeness (QED) is 0.887. The third kappa shape index (κ3) is 2.80. The van der Waals surface area contributed by atoms with Gasteiger partial charge in [0, 0.05) is 17.7 Å². The van der Waals surface area contributed by atoms with E-state index in [1.807, 2.05) is 0 Å². The number of benzene rings is 1. The van der Waals surface area contributed by atoms with Gasteiger partial charge in [0.25, 0.3) is 0 Å².